The molecular formula is C14H21ClO3S. The second kappa shape index (κ2) is 7.15. The molecule has 0 bridgehead atoms. The smallest absolute Gasteiger partial charge is 0.153 e. The van der Waals surface area contributed by atoms with Gasteiger partial charge in [-0.25, -0.2) is 8.42 Å². The minimum Gasteiger partial charge on any atom is -0.492 e. The van der Waals surface area contributed by atoms with Crippen LogP contribution in [0.2, 0.25) is 0 Å². The number of alkyl halides is 1. The predicted molar refractivity (Wildman–Crippen MR) is 79.9 cm³/mol. The summed E-state index contributed by atoms with van der Waals surface area (Å²) in [5.74, 6) is 1.52. The van der Waals surface area contributed by atoms with Gasteiger partial charge in [0.25, 0.3) is 0 Å². The number of aryl methyl sites for hydroxylation is 2. The van der Waals surface area contributed by atoms with E-state index < -0.39 is 9.84 Å². The van der Waals surface area contributed by atoms with Crippen LogP contribution in [0.25, 0.3) is 0 Å². The molecular weight excluding hydrogens is 284 g/mol. The van der Waals surface area contributed by atoms with Gasteiger partial charge >= 0.3 is 0 Å². The van der Waals surface area contributed by atoms with Crippen LogP contribution in [0.15, 0.2) is 12.1 Å². The van der Waals surface area contributed by atoms with Gasteiger partial charge in [-0.2, -0.15) is 0 Å². The molecule has 0 fully saturated rings. The van der Waals surface area contributed by atoms with Gasteiger partial charge in [-0.1, -0.05) is 19.1 Å². The van der Waals surface area contributed by atoms with Gasteiger partial charge in [-0.05, 0) is 37.0 Å². The molecule has 0 spiro atoms. The fraction of sp³-hybridized carbons (Fsp3) is 0.571. The number of hydrogen-bond acceptors (Lipinski definition) is 3. The highest BCUT2D eigenvalue weighted by atomic mass is 35.5. The highest BCUT2D eigenvalue weighted by Gasteiger charge is 2.11. The first-order valence-electron chi connectivity index (χ1n) is 6.39. The molecule has 0 amide bonds. The molecule has 5 heteroatoms. The molecule has 0 aliphatic rings. The van der Waals surface area contributed by atoms with E-state index in [-0.39, 0.29) is 18.1 Å². The first kappa shape index (κ1) is 16.3. The first-order valence-corrected chi connectivity index (χ1v) is 8.74. The van der Waals surface area contributed by atoms with Crippen molar-refractivity contribution in [2.24, 2.45) is 0 Å². The average Bonchev–Trinajstić information content (AvgIpc) is 2.32. The molecule has 19 heavy (non-hydrogen) atoms. The van der Waals surface area contributed by atoms with E-state index in [9.17, 15) is 8.42 Å². The summed E-state index contributed by atoms with van der Waals surface area (Å²) < 4.78 is 28.8. The zero-order chi connectivity index (χ0) is 14.5. The summed E-state index contributed by atoms with van der Waals surface area (Å²) in [5, 5.41) is 0. The molecule has 0 radical (unpaired) electrons. The lowest BCUT2D eigenvalue weighted by Crippen LogP contribution is -2.17. The molecule has 0 aromatic heterocycles. The van der Waals surface area contributed by atoms with Crippen LogP contribution in [-0.2, 0) is 15.7 Å². The summed E-state index contributed by atoms with van der Waals surface area (Å²) in [7, 11) is -2.99. The topological polar surface area (TPSA) is 43.4 Å². The molecule has 108 valence electrons. The highest BCUT2D eigenvalue weighted by molar-refractivity contribution is 7.91. The summed E-state index contributed by atoms with van der Waals surface area (Å²) in [5.41, 5.74) is 3.02. The van der Waals surface area contributed by atoms with Crippen LogP contribution in [-0.4, -0.2) is 26.5 Å². The second-order valence-electron chi connectivity index (χ2n) is 4.69. The Balaban J connectivity index is 2.69. The number of hydrogen-bond donors (Lipinski definition) is 0. The van der Waals surface area contributed by atoms with Crippen LogP contribution in [0.1, 0.15) is 30.0 Å². The number of halogens is 1. The molecule has 0 aliphatic carbocycles. The fourth-order valence-electron chi connectivity index (χ4n) is 2.03. The van der Waals surface area contributed by atoms with Gasteiger partial charge in [-0.15, -0.1) is 11.6 Å². The van der Waals surface area contributed by atoms with Crippen molar-refractivity contribution in [1.82, 2.24) is 0 Å². The lowest BCUT2D eigenvalue weighted by molar-refractivity contribution is 0.336. The van der Waals surface area contributed by atoms with Crippen LogP contribution in [0.4, 0.5) is 0 Å². The quantitative estimate of drug-likeness (QED) is 0.726. The molecule has 0 heterocycles. The molecule has 0 N–H and O–H groups in total. The summed E-state index contributed by atoms with van der Waals surface area (Å²) >= 11 is 5.80. The van der Waals surface area contributed by atoms with E-state index in [2.05, 4.69) is 0 Å². The van der Waals surface area contributed by atoms with Crippen molar-refractivity contribution in [3.8, 4) is 5.75 Å². The van der Waals surface area contributed by atoms with Crippen molar-refractivity contribution in [1.29, 1.82) is 0 Å². The Bertz CT molecular complexity index is 500. The van der Waals surface area contributed by atoms with Crippen LogP contribution in [0.5, 0.6) is 5.75 Å². The van der Waals surface area contributed by atoms with Crippen molar-refractivity contribution in [2.75, 3.05) is 18.1 Å². The Morgan fingerprint density at radius 2 is 1.74 bits per heavy atom. The largest absolute Gasteiger partial charge is 0.492 e. The van der Waals surface area contributed by atoms with E-state index in [1.807, 2.05) is 32.9 Å². The summed E-state index contributed by atoms with van der Waals surface area (Å²) in [6.45, 7) is 5.94. The van der Waals surface area contributed by atoms with Crippen LogP contribution < -0.4 is 4.74 Å². The van der Waals surface area contributed by atoms with Crippen LogP contribution in [0, 0.1) is 13.8 Å². The van der Waals surface area contributed by atoms with Crippen LogP contribution in [0.3, 0.4) is 0 Å². The Hall–Kier alpha value is -0.740. The zero-order valence-electron chi connectivity index (χ0n) is 11.7. The third-order valence-electron chi connectivity index (χ3n) is 2.83. The maximum absolute atomic E-state index is 11.6. The Labute approximate surface area is 120 Å². The molecule has 1 aromatic carbocycles. The summed E-state index contributed by atoms with van der Waals surface area (Å²) in [4.78, 5) is 0. The molecule has 1 rings (SSSR count). The van der Waals surface area contributed by atoms with Gasteiger partial charge in [0.1, 0.15) is 12.4 Å². The SMILES string of the molecule is CCCS(=O)(=O)CCOc1c(C)cc(CCl)cc1C. The van der Waals surface area contributed by atoms with Gasteiger partial charge in [0, 0.05) is 5.88 Å². The molecule has 0 aliphatic heterocycles. The van der Waals surface area contributed by atoms with Gasteiger partial charge < -0.3 is 4.74 Å². The number of sulfone groups is 1. The molecule has 0 atom stereocenters. The Morgan fingerprint density at radius 3 is 2.21 bits per heavy atom. The minimum absolute atomic E-state index is 0.0664. The van der Waals surface area contributed by atoms with E-state index in [0.717, 1.165) is 22.4 Å². The molecule has 3 nitrogen and oxygen atoms in total. The molecule has 0 saturated heterocycles. The highest BCUT2D eigenvalue weighted by Crippen LogP contribution is 2.25. The average molecular weight is 305 g/mol. The lowest BCUT2D eigenvalue weighted by atomic mass is 10.1. The van der Waals surface area contributed by atoms with Crippen LogP contribution >= 0.6 is 11.6 Å². The van der Waals surface area contributed by atoms with Crippen molar-refractivity contribution in [3.05, 3.63) is 28.8 Å². The Kier molecular flexibility index (Phi) is 6.14. The predicted octanol–water partition coefficient (Wildman–Crippen LogP) is 3.25. The van der Waals surface area contributed by atoms with Gasteiger partial charge in [-0.3, -0.25) is 0 Å². The van der Waals surface area contributed by atoms with E-state index in [1.165, 1.54) is 0 Å². The maximum Gasteiger partial charge on any atom is 0.153 e. The van der Waals surface area contributed by atoms with E-state index in [0.29, 0.717) is 12.3 Å². The normalized spacial score (nSPS) is 11.6. The van der Waals surface area contributed by atoms with Gasteiger partial charge in [0.2, 0.25) is 0 Å². The number of rotatable bonds is 7. The minimum atomic E-state index is -2.99. The third kappa shape index (κ3) is 5.03. The number of ether oxygens (including phenoxy) is 1. The summed E-state index contributed by atoms with van der Waals surface area (Å²) in [6.07, 6.45) is 0.644. The van der Waals surface area contributed by atoms with Crippen molar-refractivity contribution in [2.45, 2.75) is 33.1 Å². The third-order valence-corrected chi connectivity index (χ3v) is 4.96. The maximum atomic E-state index is 11.6. The first-order chi connectivity index (χ1) is 8.89. The number of benzene rings is 1. The fourth-order valence-corrected chi connectivity index (χ4v) is 3.35. The van der Waals surface area contributed by atoms with Crippen molar-refractivity contribution < 1.29 is 13.2 Å². The second-order valence-corrected chi connectivity index (χ2v) is 7.26. The monoisotopic (exact) mass is 304 g/mol. The zero-order valence-corrected chi connectivity index (χ0v) is 13.3. The van der Waals surface area contributed by atoms with Crippen molar-refractivity contribution >= 4 is 21.4 Å². The van der Waals surface area contributed by atoms with Gasteiger partial charge in [0.15, 0.2) is 9.84 Å². The Morgan fingerprint density at radius 1 is 1.16 bits per heavy atom. The molecule has 0 saturated carbocycles. The lowest BCUT2D eigenvalue weighted by Gasteiger charge is -2.13. The summed E-state index contributed by atoms with van der Waals surface area (Å²) in [6, 6.07) is 3.94. The van der Waals surface area contributed by atoms with Gasteiger partial charge in [0.05, 0.1) is 11.5 Å². The van der Waals surface area contributed by atoms with Crippen molar-refractivity contribution in [3.63, 3.8) is 0 Å². The van der Waals surface area contributed by atoms with E-state index in [1.54, 1.807) is 0 Å². The molecule has 1 aromatic rings. The standard InChI is InChI=1S/C14H21ClO3S/c1-4-6-19(16,17)7-5-18-14-11(2)8-13(10-15)9-12(14)3/h8-9H,4-7,10H2,1-3H3. The van der Waals surface area contributed by atoms with E-state index >= 15 is 0 Å². The van der Waals surface area contributed by atoms with E-state index in [4.69, 9.17) is 16.3 Å². The molecule has 0 unspecified atom stereocenters.